The Morgan fingerprint density at radius 1 is 1.41 bits per heavy atom. The lowest BCUT2D eigenvalue weighted by atomic mass is 10.1. The predicted octanol–water partition coefficient (Wildman–Crippen LogP) is 1.62. The average Bonchev–Trinajstić information content (AvgIpc) is 2.45. The molecule has 0 N–H and O–H groups in total. The molecular weight excluding hydrogens is 306 g/mol. The summed E-state index contributed by atoms with van der Waals surface area (Å²) in [5.41, 5.74) is 0.277. The first-order chi connectivity index (χ1) is 10.2. The van der Waals surface area contributed by atoms with Crippen molar-refractivity contribution in [2.24, 2.45) is 0 Å². The number of sulfonamides is 1. The van der Waals surface area contributed by atoms with Crippen molar-refractivity contribution >= 4 is 15.7 Å². The zero-order valence-electron chi connectivity index (χ0n) is 13.0. The van der Waals surface area contributed by atoms with Gasteiger partial charge in [-0.15, -0.1) is 0 Å². The number of nitro groups is 1. The summed E-state index contributed by atoms with van der Waals surface area (Å²) in [6, 6.07) is 3.86. The van der Waals surface area contributed by atoms with E-state index in [0.717, 1.165) is 19.4 Å². The van der Waals surface area contributed by atoms with E-state index in [0.29, 0.717) is 12.1 Å². The van der Waals surface area contributed by atoms with Crippen LogP contribution < -0.4 is 0 Å². The van der Waals surface area contributed by atoms with Gasteiger partial charge >= 0.3 is 0 Å². The molecule has 1 aromatic rings. The maximum atomic E-state index is 12.7. The maximum Gasteiger partial charge on any atom is 0.272 e. The highest BCUT2D eigenvalue weighted by Gasteiger charge is 2.31. The summed E-state index contributed by atoms with van der Waals surface area (Å²) in [5.74, 6) is 0. The molecule has 0 spiro atoms. The van der Waals surface area contributed by atoms with E-state index < -0.39 is 14.9 Å². The van der Waals surface area contributed by atoms with Gasteiger partial charge in [0.05, 0.1) is 9.82 Å². The molecule has 1 atom stereocenters. The Balaban J connectivity index is 2.29. The molecule has 7 nitrogen and oxygen atoms in total. The molecule has 0 aromatic heterocycles. The first-order valence-corrected chi connectivity index (χ1v) is 8.59. The zero-order valence-corrected chi connectivity index (χ0v) is 13.8. The van der Waals surface area contributed by atoms with Crippen molar-refractivity contribution in [3.63, 3.8) is 0 Å². The van der Waals surface area contributed by atoms with Gasteiger partial charge in [0.1, 0.15) is 0 Å². The molecule has 0 aliphatic carbocycles. The topological polar surface area (TPSA) is 83.8 Å². The van der Waals surface area contributed by atoms with Gasteiger partial charge < -0.3 is 4.90 Å². The molecule has 0 bridgehead atoms. The van der Waals surface area contributed by atoms with Crippen LogP contribution in [0.1, 0.15) is 18.4 Å². The van der Waals surface area contributed by atoms with Crippen LogP contribution in [-0.2, 0) is 10.0 Å². The van der Waals surface area contributed by atoms with E-state index in [1.807, 2.05) is 7.05 Å². The van der Waals surface area contributed by atoms with Crippen LogP contribution in [0.2, 0.25) is 0 Å². The molecule has 1 fully saturated rings. The van der Waals surface area contributed by atoms with E-state index in [-0.39, 0.29) is 16.6 Å². The van der Waals surface area contributed by atoms with Gasteiger partial charge in [-0.25, -0.2) is 8.42 Å². The summed E-state index contributed by atoms with van der Waals surface area (Å²) in [5, 5.41) is 10.8. The zero-order chi connectivity index (χ0) is 16.5. The third-order valence-corrected chi connectivity index (χ3v) is 6.06. The first-order valence-electron chi connectivity index (χ1n) is 7.15. The van der Waals surface area contributed by atoms with Crippen LogP contribution in [0.15, 0.2) is 23.1 Å². The molecule has 1 aromatic carbocycles. The minimum absolute atomic E-state index is 0.0701. The van der Waals surface area contributed by atoms with Crippen LogP contribution in [0, 0.1) is 17.0 Å². The minimum Gasteiger partial charge on any atom is -0.305 e. The first kappa shape index (κ1) is 16.9. The molecule has 1 aliphatic rings. The number of piperidine rings is 1. The van der Waals surface area contributed by atoms with Gasteiger partial charge in [-0.05, 0) is 45.5 Å². The smallest absolute Gasteiger partial charge is 0.272 e. The second kappa shape index (κ2) is 6.31. The molecular formula is C14H21N3O4S. The Hall–Kier alpha value is -1.51. The van der Waals surface area contributed by atoms with Crippen LogP contribution in [0.3, 0.4) is 0 Å². The van der Waals surface area contributed by atoms with Gasteiger partial charge in [0, 0.05) is 31.3 Å². The van der Waals surface area contributed by atoms with Crippen molar-refractivity contribution in [1.29, 1.82) is 0 Å². The van der Waals surface area contributed by atoms with Crippen molar-refractivity contribution in [2.75, 3.05) is 27.2 Å². The number of nitrogens with zero attached hydrogens (tertiary/aromatic N) is 3. The number of likely N-dealkylation sites (tertiary alicyclic amines) is 1. The molecule has 0 unspecified atom stereocenters. The number of rotatable bonds is 4. The molecule has 1 heterocycles. The van der Waals surface area contributed by atoms with Gasteiger partial charge in [-0.1, -0.05) is 0 Å². The van der Waals surface area contributed by atoms with E-state index in [9.17, 15) is 18.5 Å². The molecule has 0 saturated carbocycles. The van der Waals surface area contributed by atoms with Gasteiger partial charge in [0.15, 0.2) is 0 Å². The van der Waals surface area contributed by atoms with Crippen LogP contribution >= 0.6 is 0 Å². The summed E-state index contributed by atoms with van der Waals surface area (Å²) in [4.78, 5) is 12.5. The van der Waals surface area contributed by atoms with Crippen molar-refractivity contribution in [3.8, 4) is 0 Å². The van der Waals surface area contributed by atoms with Crippen molar-refractivity contribution in [1.82, 2.24) is 9.21 Å². The number of nitro benzene ring substituents is 1. The Morgan fingerprint density at radius 2 is 2.09 bits per heavy atom. The van der Waals surface area contributed by atoms with E-state index in [1.54, 1.807) is 14.0 Å². The molecule has 2 rings (SSSR count). The minimum atomic E-state index is -3.64. The summed E-state index contributed by atoms with van der Waals surface area (Å²) < 4.78 is 26.8. The Morgan fingerprint density at radius 3 is 2.64 bits per heavy atom. The lowest BCUT2D eigenvalue weighted by Crippen LogP contribution is -2.47. The normalized spacial score (nSPS) is 20.3. The van der Waals surface area contributed by atoms with Crippen LogP contribution in [-0.4, -0.2) is 55.8 Å². The highest BCUT2D eigenvalue weighted by molar-refractivity contribution is 7.89. The number of likely N-dealkylation sites (N-methyl/N-ethyl adjacent to an activating group) is 2. The second-order valence-electron chi connectivity index (χ2n) is 5.78. The maximum absolute atomic E-state index is 12.7. The van der Waals surface area contributed by atoms with Gasteiger partial charge in [0.25, 0.3) is 5.69 Å². The third-order valence-electron chi connectivity index (χ3n) is 4.16. The Bertz CT molecular complexity index is 675. The van der Waals surface area contributed by atoms with Gasteiger partial charge in [-0.3, -0.25) is 10.1 Å². The van der Waals surface area contributed by atoms with Gasteiger partial charge in [-0.2, -0.15) is 4.31 Å². The average molecular weight is 327 g/mol. The summed E-state index contributed by atoms with van der Waals surface area (Å²) >= 11 is 0. The van der Waals surface area contributed by atoms with E-state index in [4.69, 9.17) is 0 Å². The largest absolute Gasteiger partial charge is 0.305 e. The molecule has 22 heavy (non-hydrogen) atoms. The Labute approximate surface area is 130 Å². The fraction of sp³-hybridized carbons (Fsp3) is 0.571. The lowest BCUT2D eigenvalue weighted by molar-refractivity contribution is -0.385. The van der Waals surface area contributed by atoms with Crippen LogP contribution in [0.4, 0.5) is 5.69 Å². The van der Waals surface area contributed by atoms with E-state index >= 15 is 0 Å². The fourth-order valence-corrected chi connectivity index (χ4v) is 4.25. The molecule has 0 amide bonds. The van der Waals surface area contributed by atoms with Gasteiger partial charge in [0.2, 0.25) is 10.0 Å². The Kier molecular flexibility index (Phi) is 4.84. The summed E-state index contributed by atoms with van der Waals surface area (Å²) in [7, 11) is -0.0888. The third kappa shape index (κ3) is 3.29. The number of hydrogen-bond acceptors (Lipinski definition) is 5. The van der Waals surface area contributed by atoms with Crippen molar-refractivity contribution in [2.45, 2.75) is 30.7 Å². The molecule has 1 saturated heterocycles. The quantitative estimate of drug-likeness (QED) is 0.620. The number of hydrogen-bond donors (Lipinski definition) is 0. The monoisotopic (exact) mass is 327 g/mol. The number of aryl methyl sites for hydroxylation is 1. The fourth-order valence-electron chi connectivity index (χ4n) is 2.79. The van der Waals surface area contributed by atoms with E-state index in [1.165, 1.54) is 22.5 Å². The van der Waals surface area contributed by atoms with Crippen molar-refractivity contribution < 1.29 is 13.3 Å². The predicted molar refractivity (Wildman–Crippen MR) is 83.3 cm³/mol. The highest BCUT2D eigenvalue weighted by Crippen LogP contribution is 2.26. The summed E-state index contributed by atoms with van der Waals surface area (Å²) in [6.07, 6.45) is 1.78. The van der Waals surface area contributed by atoms with Crippen LogP contribution in [0.25, 0.3) is 0 Å². The molecule has 8 heteroatoms. The van der Waals surface area contributed by atoms with E-state index in [2.05, 4.69) is 4.90 Å². The molecule has 0 radical (unpaired) electrons. The van der Waals surface area contributed by atoms with Crippen LogP contribution in [0.5, 0.6) is 0 Å². The lowest BCUT2D eigenvalue weighted by Gasteiger charge is -2.35. The second-order valence-corrected chi connectivity index (χ2v) is 7.78. The highest BCUT2D eigenvalue weighted by atomic mass is 32.2. The summed E-state index contributed by atoms with van der Waals surface area (Å²) in [6.45, 7) is 3.22. The molecule has 1 aliphatic heterocycles. The molecule has 122 valence electrons. The SMILES string of the molecule is Cc1cc(S(=O)(=O)N(C)[C@H]2CCCN(C)C2)ccc1[N+](=O)[O-]. The van der Waals surface area contributed by atoms with Crippen molar-refractivity contribution in [3.05, 3.63) is 33.9 Å². The number of benzene rings is 1. The standard InChI is InChI=1S/C14H21N3O4S/c1-11-9-13(6-7-14(11)17(18)19)22(20,21)16(3)12-5-4-8-15(2)10-12/h6-7,9,12H,4-5,8,10H2,1-3H3/t12-/m0/s1.